The normalized spacial score (nSPS) is 29.9. The molecule has 9 heteroatoms. The highest BCUT2D eigenvalue weighted by molar-refractivity contribution is 6.35. The summed E-state index contributed by atoms with van der Waals surface area (Å²) in [6.07, 6.45) is 3.43. The molecule has 3 unspecified atom stereocenters. The lowest BCUT2D eigenvalue weighted by Gasteiger charge is -2.43. The second-order valence-electron chi connectivity index (χ2n) is 10.8. The van der Waals surface area contributed by atoms with E-state index in [1.807, 2.05) is 12.1 Å². The van der Waals surface area contributed by atoms with Crippen LogP contribution in [0.5, 0.6) is 0 Å². The fourth-order valence-corrected chi connectivity index (χ4v) is 6.64. The van der Waals surface area contributed by atoms with Crippen molar-refractivity contribution < 1.29 is 9.47 Å². The Bertz CT molecular complexity index is 1270. The second-order valence-corrected chi connectivity index (χ2v) is 11.3. The minimum Gasteiger partial charge on any atom is -0.462 e. The predicted octanol–water partition coefficient (Wildman–Crippen LogP) is 4.01. The lowest BCUT2D eigenvalue weighted by atomic mass is 9.86. The van der Waals surface area contributed by atoms with E-state index in [4.69, 9.17) is 31.1 Å². The molecule has 0 aliphatic carbocycles. The Morgan fingerprint density at radius 1 is 1.24 bits per heavy atom. The molecule has 200 valence electrons. The van der Waals surface area contributed by atoms with Crippen LogP contribution in [0.25, 0.3) is 10.8 Å². The summed E-state index contributed by atoms with van der Waals surface area (Å²) in [7, 11) is 2.16. The highest BCUT2D eigenvalue weighted by Crippen LogP contribution is 2.40. The SMILES string of the molecule is CN1CCC[C@H]1COC1=NC2CC(c3cccc4cccc(Cl)c34)OCC2C(N2CCN[C@@H](CC#N)C2)=N1. The molecular weight excluding hydrogens is 500 g/mol. The smallest absolute Gasteiger partial charge is 0.313 e. The highest BCUT2D eigenvalue weighted by Gasteiger charge is 2.41. The average molecular weight is 535 g/mol. The summed E-state index contributed by atoms with van der Waals surface area (Å²) in [5.41, 5.74) is 1.11. The molecular formula is C29H35ClN6O2. The first-order chi connectivity index (χ1) is 18.6. The van der Waals surface area contributed by atoms with Crippen molar-refractivity contribution in [1.82, 2.24) is 15.1 Å². The molecule has 4 heterocycles. The number of halogens is 1. The van der Waals surface area contributed by atoms with Gasteiger partial charge in [0.05, 0.1) is 37.2 Å². The summed E-state index contributed by atoms with van der Waals surface area (Å²) in [5.74, 6) is 1.04. The molecule has 1 N–H and O–H groups in total. The first-order valence-electron chi connectivity index (χ1n) is 13.7. The van der Waals surface area contributed by atoms with Crippen molar-refractivity contribution in [3.05, 3.63) is 47.0 Å². The molecule has 0 aromatic heterocycles. The molecule has 3 saturated heterocycles. The molecule has 0 amide bonds. The number of nitrogens with one attached hydrogen (secondary N) is 1. The zero-order valence-electron chi connectivity index (χ0n) is 21.9. The third-order valence-corrected chi connectivity index (χ3v) is 8.76. The Morgan fingerprint density at radius 2 is 2.11 bits per heavy atom. The number of aliphatic imine (C=N–C) groups is 2. The van der Waals surface area contributed by atoms with Crippen LogP contribution in [-0.2, 0) is 9.47 Å². The van der Waals surface area contributed by atoms with E-state index >= 15 is 0 Å². The Kier molecular flexibility index (Phi) is 7.53. The van der Waals surface area contributed by atoms with Gasteiger partial charge in [-0.05, 0) is 43.5 Å². The molecule has 5 atom stereocenters. The number of fused-ring (bicyclic) bond motifs is 2. The maximum Gasteiger partial charge on any atom is 0.313 e. The molecule has 2 aromatic carbocycles. The summed E-state index contributed by atoms with van der Waals surface area (Å²) in [4.78, 5) is 14.7. The van der Waals surface area contributed by atoms with Gasteiger partial charge in [0.1, 0.15) is 12.4 Å². The van der Waals surface area contributed by atoms with Gasteiger partial charge in [-0.15, -0.1) is 0 Å². The third kappa shape index (κ3) is 5.13. The standard InChI is InChI=1S/C29H35ClN6O2/c1-35-13-4-7-21(35)17-38-29-33-25-15-26(22-8-2-5-19-6-3-9-24(30)27(19)22)37-18-23(25)28(34-29)36-14-12-32-20(16-36)10-11-31/h2-3,5-6,8-9,20-21,23,25-26,32H,4,7,10,12-18H2,1H3/t20-,21-,23?,25?,26?/m0/s1. The molecule has 4 aliphatic rings. The van der Waals surface area contributed by atoms with Crippen LogP contribution in [0.3, 0.4) is 0 Å². The van der Waals surface area contributed by atoms with Gasteiger partial charge in [-0.3, -0.25) is 0 Å². The first-order valence-corrected chi connectivity index (χ1v) is 14.1. The maximum absolute atomic E-state index is 9.26. The highest BCUT2D eigenvalue weighted by atomic mass is 35.5. The van der Waals surface area contributed by atoms with Crippen LogP contribution in [0.1, 0.15) is 37.4 Å². The van der Waals surface area contributed by atoms with Crippen molar-refractivity contribution in [3.63, 3.8) is 0 Å². The fraction of sp³-hybridized carbons (Fsp3) is 0.552. The summed E-state index contributed by atoms with van der Waals surface area (Å²) in [6.45, 7) is 4.64. The lowest BCUT2D eigenvalue weighted by Crippen LogP contribution is -2.57. The van der Waals surface area contributed by atoms with Gasteiger partial charge in [0, 0.05) is 48.5 Å². The van der Waals surface area contributed by atoms with E-state index in [1.165, 1.54) is 6.42 Å². The van der Waals surface area contributed by atoms with Crippen LogP contribution in [0.4, 0.5) is 0 Å². The minimum absolute atomic E-state index is 0.000367. The van der Waals surface area contributed by atoms with Crippen LogP contribution in [0.2, 0.25) is 5.02 Å². The van der Waals surface area contributed by atoms with Gasteiger partial charge in [-0.25, -0.2) is 4.99 Å². The molecule has 8 nitrogen and oxygen atoms in total. The summed E-state index contributed by atoms with van der Waals surface area (Å²) in [6, 6.07) is 15.6. The Hall–Kier alpha value is -2.70. The van der Waals surface area contributed by atoms with E-state index in [-0.39, 0.29) is 24.1 Å². The number of nitriles is 1. The number of hydrogen-bond acceptors (Lipinski definition) is 8. The molecule has 38 heavy (non-hydrogen) atoms. The number of nitrogens with zero attached hydrogens (tertiary/aromatic N) is 5. The average Bonchev–Trinajstić information content (AvgIpc) is 3.35. The number of likely N-dealkylation sites (N-methyl/N-ethyl adjacent to an activating group) is 1. The van der Waals surface area contributed by atoms with Crippen molar-refractivity contribution in [3.8, 4) is 6.07 Å². The van der Waals surface area contributed by atoms with Gasteiger partial charge in [0.2, 0.25) is 0 Å². The van der Waals surface area contributed by atoms with Gasteiger partial charge in [-0.2, -0.15) is 10.3 Å². The molecule has 6 rings (SSSR count). The number of rotatable bonds is 4. The van der Waals surface area contributed by atoms with Gasteiger partial charge >= 0.3 is 6.02 Å². The number of likely N-dealkylation sites (tertiary alicyclic amines) is 1. The minimum atomic E-state index is -0.112. The van der Waals surface area contributed by atoms with Gasteiger partial charge in [0.25, 0.3) is 0 Å². The van der Waals surface area contributed by atoms with E-state index in [2.05, 4.69) is 52.5 Å². The topological polar surface area (TPSA) is 85.5 Å². The first kappa shape index (κ1) is 25.6. The van der Waals surface area contributed by atoms with E-state index in [9.17, 15) is 5.26 Å². The van der Waals surface area contributed by atoms with Crippen LogP contribution >= 0.6 is 11.6 Å². The summed E-state index contributed by atoms with van der Waals surface area (Å²) >= 11 is 6.66. The van der Waals surface area contributed by atoms with E-state index in [0.717, 1.165) is 66.2 Å². The summed E-state index contributed by atoms with van der Waals surface area (Å²) in [5, 5.41) is 15.6. The van der Waals surface area contributed by atoms with E-state index in [0.29, 0.717) is 31.7 Å². The number of amidine groups is 2. The van der Waals surface area contributed by atoms with Crippen molar-refractivity contribution in [2.75, 3.05) is 46.4 Å². The van der Waals surface area contributed by atoms with Crippen LogP contribution in [0, 0.1) is 17.2 Å². The van der Waals surface area contributed by atoms with Crippen molar-refractivity contribution in [1.29, 1.82) is 5.26 Å². The lowest BCUT2D eigenvalue weighted by molar-refractivity contribution is -0.0131. The number of hydrogen-bond donors (Lipinski definition) is 1. The van der Waals surface area contributed by atoms with Gasteiger partial charge in [0.15, 0.2) is 0 Å². The molecule has 0 spiro atoms. The molecule has 0 saturated carbocycles. The van der Waals surface area contributed by atoms with Crippen molar-refractivity contribution >= 4 is 34.2 Å². The number of piperazine rings is 1. The Labute approximate surface area is 229 Å². The largest absolute Gasteiger partial charge is 0.462 e. The van der Waals surface area contributed by atoms with Crippen LogP contribution < -0.4 is 5.32 Å². The molecule has 4 aliphatic heterocycles. The van der Waals surface area contributed by atoms with Crippen LogP contribution in [0.15, 0.2) is 46.4 Å². The molecule has 0 radical (unpaired) electrons. The number of benzene rings is 2. The maximum atomic E-state index is 9.26. The Balaban J connectivity index is 1.27. The van der Waals surface area contributed by atoms with Crippen LogP contribution in [-0.4, -0.2) is 86.2 Å². The molecule has 3 fully saturated rings. The van der Waals surface area contributed by atoms with E-state index < -0.39 is 0 Å². The van der Waals surface area contributed by atoms with Gasteiger partial charge in [-0.1, -0.05) is 41.9 Å². The van der Waals surface area contributed by atoms with Crippen molar-refractivity contribution in [2.24, 2.45) is 15.9 Å². The quantitative estimate of drug-likeness (QED) is 0.638. The number of ether oxygens (including phenoxy) is 2. The third-order valence-electron chi connectivity index (χ3n) is 8.44. The van der Waals surface area contributed by atoms with Gasteiger partial charge < -0.3 is 24.6 Å². The molecule has 0 bridgehead atoms. The Morgan fingerprint density at radius 3 is 2.92 bits per heavy atom. The zero-order chi connectivity index (χ0) is 26.1. The second kappa shape index (κ2) is 11.2. The van der Waals surface area contributed by atoms with E-state index in [1.54, 1.807) is 0 Å². The molecule has 2 aromatic rings. The monoisotopic (exact) mass is 534 g/mol. The fourth-order valence-electron chi connectivity index (χ4n) is 6.35. The summed E-state index contributed by atoms with van der Waals surface area (Å²) < 4.78 is 12.8. The van der Waals surface area contributed by atoms with Crippen molar-refractivity contribution in [2.45, 2.75) is 49.9 Å². The zero-order valence-corrected chi connectivity index (χ0v) is 22.6. The predicted molar refractivity (Wildman–Crippen MR) is 150 cm³/mol.